The fourth-order valence-electron chi connectivity index (χ4n) is 2.82. The minimum Gasteiger partial charge on any atom is -0.493 e. The Morgan fingerprint density at radius 1 is 1.35 bits per heavy atom. The van der Waals surface area contributed by atoms with Crippen molar-refractivity contribution in [3.05, 3.63) is 23.8 Å². The third-order valence-corrected chi connectivity index (χ3v) is 3.95. The Kier molecular flexibility index (Phi) is 5.84. The molecule has 1 atom stereocenters. The molecule has 6 nitrogen and oxygen atoms in total. The smallest absolute Gasteiger partial charge is 0.243 e. The Bertz CT molecular complexity index is 574. The van der Waals surface area contributed by atoms with Crippen LogP contribution in [-0.2, 0) is 16.1 Å². The van der Waals surface area contributed by atoms with E-state index in [1.54, 1.807) is 12.0 Å². The van der Waals surface area contributed by atoms with E-state index in [9.17, 15) is 9.59 Å². The highest BCUT2D eigenvalue weighted by Crippen LogP contribution is 2.28. The summed E-state index contributed by atoms with van der Waals surface area (Å²) < 4.78 is 10.8. The van der Waals surface area contributed by atoms with Crippen molar-refractivity contribution in [3.8, 4) is 11.5 Å². The van der Waals surface area contributed by atoms with E-state index in [0.29, 0.717) is 31.2 Å². The van der Waals surface area contributed by atoms with Gasteiger partial charge in [0.25, 0.3) is 0 Å². The molecule has 2 amide bonds. The maximum Gasteiger partial charge on any atom is 0.243 e. The number of nitrogens with one attached hydrogen (secondary N) is 1. The quantitative estimate of drug-likeness (QED) is 0.866. The summed E-state index contributed by atoms with van der Waals surface area (Å²) in [6, 6.07) is 5.23. The lowest BCUT2D eigenvalue weighted by Gasteiger charge is -2.22. The number of hydrogen-bond acceptors (Lipinski definition) is 4. The number of carbonyl (C=O) groups is 2. The summed E-state index contributed by atoms with van der Waals surface area (Å²) in [6.07, 6.45) is 1.59. The number of hydrogen-bond donors (Lipinski definition) is 1. The number of carbonyl (C=O) groups excluding carboxylic acids is 2. The van der Waals surface area contributed by atoms with Gasteiger partial charge in [-0.25, -0.2) is 0 Å². The lowest BCUT2D eigenvalue weighted by atomic mass is 10.1. The molecule has 0 saturated carbocycles. The number of benzene rings is 1. The molecule has 6 heteroatoms. The van der Waals surface area contributed by atoms with Crippen molar-refractivity contribution in [1.29, 1.82) is 0 Å². The summed E-state index contributed by atoms with van der Waals surface area (Å²) in [5.74, 6) is 1.17. The molecule has 2 rings (SSSR count). The van der Waals surface area contributed by atoms with Crippen LogP contribution in [0.5, 0.6) is 11.5 Å². The molecule has 126 valence electrons. The van der Waals surface area contributed by atoms with Crippen molar-refractivity contribution < 1.29 is 19.1 Å². The van der Waals surface area contributed by atoms with E-state index < -0.39 is 0 Å². The Morgan fingerprint density at radius 2 is 2.13 bits per heavy atom. The van der Waals surface area contributed by atoms with E-state index >= 15 is 0 Å². The molecule has 1 aromatic carbocycles. The second kappa shape index (κ2) is 7.85. The predicted molar refractivity (Wildman–Crippen MR) is 86.4 cm³/mol. The molecule has 0 spiro atoms. The van der Waals surface area contributed by atoms with Gasteiger partial charge in [0.1, 0.15) is 6.04 Å². The summed E-state index contributed by atoms with van der Waals surface area (Å²) >= 11 is 0. The number of methoxy groups -OCH3 is 1. The summed E-state index contributed by atoms with van der Waals surface area (Å²) in [5, 5.41) is 2.90. The Hall–Kier alpha value is -2.24. The van der Waals surface area contributed by atoms with E-state index in [0.717, 1.165) is 18.4 Å². The van der Waals surface area contributed by atoms with Crippen LogP contribution in [0, 0.1) is 0 Å². The molecule has 1 saturated heterocycles. The van der Waals surface area contributed by atoms with Gasteiger partial charge in [-0.1, -0.05) is 6.07 Å². The first-order chi connectivity index (χ1) is 11.1. The fraction of sp³-hybridized carbons (Fsp3) is 0.529. The van der Waals surface area contributed by atoms with Gasteiger partial charge in [-0.2, -0.15) is 0 Å². The van der Waals surface area contributed by atoms with Gasteiger partial charge in [-0.05, 0) is 37.5 Å². The van der Waals surface area contributed by atoms with Crippen LogP contribution in [0.1, 0.15) is 32.3 Å². The largest absolute Gasteiger partial charge is 0.493 e. The van der Waals surface area contributed by atoms with Crippen LogP contribution in [0.25, 0.3) is 0 Å². The first-order valence-electron chi connectivity index (χ1n) is 7.91. The number of likely N-dealkylation sites (tertiary alicyclic amines) is 1. The first kappa shape index (κ1) is 17.1. The van der Waals surface area contributed by atoms with Gasteiger partial charge >= 0.3 is 0 Å². The van der Waals surface area contributed by atoms with E-state index in [1.165, 1.54) is 6.92 Å². The molecule has 1 heterocycles. The predicted octanol–water partition coefficient (Wildman–Crippen LogP) is 1.72. The maximum absolute atomic E-state index is 12.3. The first-order valence-corrected chi connectivity index (χ1v) is 7.91. The highest BCUT2D eigenvalue weighted by atomic mass is 16.5. The molecule has 0 aromatic heterocycles. The molecule has 1 aliphatic rings. The third-order valence-electron chi connectivity index (χ3n) is 3.95. The molecular weight excluding hydrogens is 296 g/mol. The maximum atomic E-state index is 12.3. The average molecular weight is 320 g/mol. The normalized spacial score (nSPS) is 17.0. The van der Waals surface area contributed by atoms with Crippen LogP contribution in [0.2, 0.25) is 0 Å². The van der Waals surface area contributed by atoms with Crippen LogP contribution < -0.4 is 14.8 Å². The average Bonchev–Trinajstić information content (AvgIpc) is 3.03. The zero-order chi connectivity index (χ0) is 16.8. The molecule has 0 aliphatic carbocycles. The number of rotatable bonds is 6. The molecule has 1 aromatic rings. The lowest BCUT2D eigenvalue weighted by molar-refractivity contribution is -0.136. The highest BCUT2D eigenvalue weighted by Gasteiger charge is 2.31. The van der Waals surface area contributed by atoms with Gasteiger partial charge in [-0.3, -0.25) is 9.59 Å². The lowest BCUT2D eigenvalue weighted by Crippen LogP contribution is -2.44. The van der Waals surface area contributed by atoms with Gasteiger partial charge < -0.3 is 19.7 Å². The van der Waals surface area contributed by atoms with E-state index in [2.05, 4.69) is 5.32 Å². The SMILES string of the molecule is CCOc1ccc(CNC(=O)[C@@H]2CCCN2C(C)=O)cc1OC. The van der Waals surface area contributed by atoms with Crippen LogP contribution >= 0.6 is 0 Å². The van der Waals surface area contributed by atoms with E-state index in [-0.39, 0.29) is 17.9 Å². The van der Waals surface area contributed by atoms with Gasteiger partial charge in [0.15, 0.2) is 11.5 Å². The zero-order valence-electron chi connectivity index (χ0n) is 13.9. The Labute approximate surface area is 136 Å². The molecular formula is C17H24N2O4. The van der Waals surface area contributed by atoms with Gasteiger partial charge in [0, 0.05) is 20.0 Å². The second-order valence-corrected chi connectivity index (χ2v) is 5.51. The monoisotopic (exact) mass is 320 g/mol. The van der Waals surface area contributed by atoms with Crippen LogP contribution in [0.4, 0.5) is 0 Å². The Morgan fingerprint density at radius 3 is 2.78 bits per heavy atom. The standard InChI is InChI=1S/C17H24N2O4/c1-4-23-15-8-7-13(10-16(15)22-3)11-18-17(21)14-6-5-9-19(14)12(2)20/h7-8,10,14H,4-6,9,11H2,1-3H3,(H,18,21)/t14-/m0/s1. The topological polar surface area (TPSA) is 67.9 Å². The van der Waals surface area contributed by atoms with Gasteiger partial charge in [0.2, 0.25) is 11.8 Å². The van der Waals surface area contributed by atoms with E-state index in [4.69, 9.17) is 9.47 Å². The van der Waals surface area contributed by atoms with Crippen molar-refractivity contribution in [1.82, 2.24) is 10.2 Å². The summed E-state index contributed by atoms with van der Waals surface area (Å²) in [7, 11) is 1.59. The summed E-state index contributed by atoms with van der Waals surface area (Å²) in [4.78, 5) is 25.5. The fourth-order valence-corrected chi connectivity index (χ4v) is 2.82. The van der Waals surface area contributed by atoms with Crippen molar-refractivity contribution in [3.63, 3.8) is 0 Å². The number of amides is 2. The third kappa shape index (κ3) is 4.15. The van der Waals surface area contributed by atoms with Gasteiger partial charge in [-0.15, -0.1) is 0 Å². The van der Waals surface area contributed by atoms with Crippen molar-refractivity contribution in [2.45, 2.75) is 39.3 Å². The van der Waals surface area contributed by atoms with Crippen molar-refractivity contribution >= 4 is 11.8 Å². The molecule has 0 radical (unpaired) electrons. The minimum absolute atomic E-state index is 0.0506. The molecule has 23 heavy (non-hydrogen) atoms. The number of ether oxygens (including phenoxy) is 2. The molecule has 0 unspecified atom stereocenters. The summed E-state index contributed by atoms with van der Waals surface area (Å²) in [5.41, 5.74) is 0.922. The molecule has 1 aliphatic heterocycles. The molecule has 0 bridgehead atoms. The highest BCUT2D eigenvalue weighted by molar-refractivity contribution is 5.87. The minimum atomic E-state index is -0.350. The van der Waals surface area contributed by atoms with Crippen molar-refractivity contribution in [2.75, 3.05) is 20.3 Å². The van der Waals surface area contributed by atoms with Crippen LogP contribution in [-0.4, -0.2) is 43.0 Å². The Balaban J connectivity index is 1.97. The van der Waals surface area contributed by atoms with Gasteiger partial charge in [0.05, 0.1) is 13.7 Å². The van der Waals surface area contributed by atoms with Crippen LogP contribution in [0.3, 0.4) is 0 Å². The van der Waals surface area contributed by atoms with E-state index in [1.807, 2.05) is 25.1 Å². The summed E-state index contributed by atoms with van der Waals surface area (Å²) in [6.45, 7) is 5.03. The number of nitrogens with zero attached hydrogens (tertiary/aromatic N) is 1. The van der Waals surface area contributed by atoms with Crippen molar-refractivity contribution in [2.24, 2.45) is 0 Å². The molecule has 1 fully saturated rings. The molecule has 1 N–H and O–H groups in total. The second-order valence-electron chi connectivity index (χ2n) is 5.51. The zero-order valence-corrected chi connectivity index (χ0v) is 13.9. The van der Waals surface area contributed by atoms with Crippen LogP contribution in [0.15, 0.2) is 18.2 Å².